The molecule has 1 atom stereocenters. The molecule has 0 bridgehead atoms. The van der Waals surface area contributed by atoms with E-state index in [9.17, 15) is 9.90 Å². The number of hydrogen-bond acceptors (Lipinski definition) is 9. The third-order valence-electron chi connectivity index (χ3n) is 7.81. The van der Waals surface area contributed by atoms with Gasteiger partial charge in [-0.3, -0.25) is 9.69 Å². The molecule has 2 aromatic heterocycles. The maximum Gasteiger partial charge on any atom is 0.242 e. The van der Waals surface area contributed by atoms with Gasteiger partial charge in [-0.15, -0.1) is 0 Å². The summed E-state index contributed by atoms with van der Waals surface area (Å²) in [7, 11) is 0. The second-order valence-corrected chi connectivity index (χ2v) is 12.3. The summed E-state index contributed by atoms with van der Waals surface area (Å²) in [5, 5.41) is 18.6. The van der Waals surface area contributed by atoms with Crippen LogP contribution in [0.3, 0.4) is 0 Å². The van der Waals surface area contributed by atoms with Crippen LogP contribution in [0.2, 0.25) is 0 Å². The Morgan fingerprint density at radius 1 is 1.00 bits per heavy atom. The zero-order valence-corrected chi connectivity index (χ0v) is 23.3. The lowest BCUT2D eigenvalue weighted by Gasteiger charge is -2.38. The van der Waals surface area contributed by atoms with Gasteiger partial charge in [0.15, 0.2) is 10.3 Å². The normalized spacial score (nSPS) is 17.9. The summed E-state index contributed by atoms with van der Waals surface area (Å²) in [6, 6.07) is 12.5. The Morgan fingerprint density at radius 3 is 2.29 bits per heavy atom. The van der Waals surface area contributed by atoms with Gasteiger partial charge in [0, 0.05) is 44.3 Å². The predicted molar refractivity (Wildman–Crippen MR) is 156 cm³/mol. The lowest BCUT2D eigenvalue weighted by Crippen LogP contribution is -2.52. The monoisotopic (exact) mass is 550 g/mol. The molecule has 0 spiro atoms. The smallest absolute Gasteiger partial charge is 0.242 e. The van der Waals surface area contributed by atoms with Gasteiger partial charge in [0.05, 0.1) is 33.1 Å². The molecule has 1 unspecified atom stereocenters. The Bertz CT molecular complexity index is 1410. The molecule has 1 aliphatic heterocycles. The molecule has 6 rings (SSSR count). The van der Waals surface area contributed by atoms with Crippen LogP contribution in [-0.4, -0.2) is 76.1 Å². The Balaban J connectivity index is 1.07. The maximum absolute atomic E-state index is 12.9. The number of carbonyl (C=O) groups is 1. The van der Waals surface area contributed by atoms with Crippen LogP contribution >= 0.6 is 22.7 Å². The molecular weight excluding hydrogens is 516 g/mol. The number of nitrogens with one attached hydrogen (secondary N) is 2. The molecule has 8 nitrogen and oxygen atoms in total. The first-order valence-corrected chi connectivity index (χ1v) is 15.1. The van der Waals surface area contributed by atoms with E-state index in [4.69, 9.17) is 9.97 Å². The average molecular weight is 551 g/mol. The Morgan fingerprint density at radius 2 is 1.63 bits per heavy atom. The summed E-state index contributed by atoms with van der Waals surface area (Å²) in [6.45, 7) is 6.32. The minimum Gasteiger partial charge on any atom is -0.387 e. The van der Waals surface area contributed by atoms with Crippen molar-refractivity contribution >= 4 is 59.3 Å². The molecule has 2 aliphatic rings. The van der Waals surface area contributed by atoms with Crippen molar-refractivity contribution in [1.29, 1.82) is 0 Å². The molecule has 1 amide bonds. The summed E-state index contributed by atoms with van der Waals surface area (Å²) in [6.07, 6.45) is 4.73. The summed E-state index contributed by atoms with van der Waals surface area (Å²) in [5.41, 5.74) is 3.76. The molecule has 200 valence electrons. The molecule has 3 N–H and O–H groups in total. The number of nitrogens with zero attached hydrogens (tertiary/aromatic N) is 4. The second kappa shape index (κ2) is 11.1. The number of thiazole rings is 2. The second-order valence-electron chi connectivity index (χ2n) is 10.2. The number of anilines is 2. The summed E-state index contributed by atoms with van der Waals surface area (Å²) < 4.78 is 2.16. The van der Waals surface area contributed by atoms with E-state index in [-0.39, 0.29) is 12.5 Å². The van der Waals surface area contributed by atoms with Gasteiger partial charge in [-0.1, -0.05) is 65.8 Å². The molecule has 0 radical (unpaired) electrons. The number of amides is 1. The number of aryl methyl sites for hydroxylation is 1. The fourth-order valence-electron chi connectivity index (χ4n) is 5.63. The highest BCUT2D eigenvalue weighted by Crippen LogP contribution is 2.37. The number of piperazine rings is 1. The topological polar surface area (TPSA) is 93.6 Å². The Hall–Kier alpha value is -2.79. The lowest BCUT2D eigenvalue weighted by atomic mass is 10.1. The molecule has 1 aliphatic carbocycles. The van der Waals surface area contributed by atoms with Crippen LogP contribution in [0.1, 0.15) is 42.9 Å². The van der Waals surface area contributed by atoms with E-state index in [0.717, 1.165) is 74.0 Å². The van der Waals surface area contributed by atoms with Gasteiger partial charge in [-0.25, -0.2) is 9.97 Å². The van der Waals surface area contributed by atoms with E-state index in [1.807, 2.05) is 42.2 Å². The van der Waals surface area contributed by atoms with Gasteiger partial charge in [-0.2, -0.15) is 0 Å². The van der Waals surface area contributed by atoms with Crippen LogP contribution in [0, 0.1) is 6.92 Å². The molecular formula is C28H34N6O2S2. The van der Waals surface area contributed by atoms with Crippen LogP contribution < -0.4 is 10.6 Å². The fourth-order valence-corrected chi connectivity index (χ4v) is 7.63. The zero-order chi connectivity index (χ0) is 26.1. The van der Waals surface area contributed by atoms with Crippen LogP contribution in [0.25, 0.3) is 20.4 Å². The van der Waals surface area contributed by atoms with E-state index >= 15 is 0 Å². The molecule has 38 heavy (non-hydrogen) atoms. The summed E-state index contributed by atoms with van der Waals surface area (Å²) >= 11 is 3.15. The van der Waals surface area contributed by atoms with Crippen LogP contribution in [0.15, 0.2) is 36.4 Å². The molecule has 4 aromatic rings. The quantitative estimate of drug-likeness (QED) is 0.289. The number of aliphatic hydroxyl groups excluding tert-OH is 1. The molecule has 1 saturated carbocycles. The van der Waals surface area contributed by atoms with Crippen LogP contribution in [0.5, 0.6) is 0 Å². The van der Waals surface area contributed by atoms with Gasteiger partial charge < -0.3 is 20.6 Å². The van der Waals surface area contributed by atoms with E-state index in [2.05, 4.69) is 21.6 Å². The van der Waals surface area contributed by atoms with Crippen molar-refractivity contribution in [2.75, 3.05) is 49.9 Å². The van der Waals surface area contributed by atoms with Crippen molar-refractivity contribution in [2.45, 2.75) is 44.8 Å². The van der Waals surface area contributed by atoms with Gasteiger partial charge in [-0.05, 0) is 31.4 Å². The Kier molecular flexibility index (Phi) is 7.47. The van der Waals surface area contributed by atoms with E-state index in [1.165, 1.54) is 25.7 Å². The molecule has 2 fully saturated rings. The van der Waals surface area contributed by atoms with Crippen molar-refractivity contribution < 1.29 is 9.90 Å². The summed E-state index contributed by atoms with van der Waals surface area (Å²) in [5.74, 6) is 0.142. The number of rotatable bonds is 8. The third-order valence-corrected chi connectivity index (χ3v) is 9.73. The predicted octanol–water partition coefficient (Wildman–Crippen LogP) is 4.86. The number of benzene rings is 2. The number of fused-ring (bicyclic) bond motifs is 2. The van der Waals surface area contributed by atoms with Crippen molar-refractivity contribution in [2.24, 2.45) is 0 Å². The van der Waals surface area contributed by atoms with E-state index in [1.54, 1.807) is 22.7 Å². The fraction of sp³-hybridized carbons (Fsp3) is 0.464. The highest BCUT2D eigenvalue weighted by atomic mass is 32.1. The molecule has 1 saturated heterocycles. The first kappa shape index (κ1) is 25.5. The minimum atomic E-state index is -0.595. The highest BCUT2D eigenvalue weighted by Gasteiger charge is 2.27. The van der Waals surface area contributed by atoms with Crippen LogP contribution in [0.4, 0.5) is 10.3 Å². The zero-order valence-electron chi connectivity index (χ0n) is 21.7. The van der Waals surface area contributed by atoms with Gasteiger partial charge in [0.2, 0.25) is 5.91 Å². The molecule has 3 heterocycles. The highest BCUT2D eigenvalue weighted by molar-refractivity contribution is 7.24. The van der Waals surface area contributed by atoms with Crippen LogP contribution in [-0.2, 0) is 4.79 Å². The van der Waals surface area contributed by atoms with Crippen molar-refractivity contribution in [3.05, 3.63) is 47.5 Å². The van der Waals surface area contributed by atoms with E-state index in [0.29, 0.717) is 6.54 Å². The van der Waals surface area contributed by atoms with Gasteiger partial charge in [0.1, 0.15) is 0 Å². The number of aliphatic hydroxyl groups is 1. The Labute approximate surface area is 230 Å². The number of aromatic nitrogens is 2. The molecule has 2 aromatic carbocycles. The van der Waals surface area contributed by atoms with E-state index < -0.39 is 6.10 Å². The summed E-state index contributed by atoms with van der Waals surface area (Å²) in [4.78, 5) is 27.0. The number of hydrogen-bond donors (Lipinski definition) is 3. The van der Waals surface area contributed by atoms with Gasteiger partial charge >= 0.3 is 0 Å². The van der Waals surface area contributed by atoms with Gasteiger partial charge in [0.25, 0.3) is 0 Å². The third kappa shape index (κ3) is 5.36. The van der Waals surface area contributed by atoms with Crippen molar-refractivity contribution in [1.82, 2.24) is 19.8 Å². The first-order valence-electron chi connectivity index (χ1n) is 13.5. The lowest BCUT2D eigenvalue weighted by molar-refractivity contribution is -0.131. The number of carbonyl (C=O) groups excluding carboxylic acids is 1. The SMILES string of the molecule is Cc1c2nc(NCC(=O)N3CCN(C4CCCC4)CC3)sc2cc2sc(NCC(O)c3ccccc3)nc12. The minimum absolute atomic E-state index is 0.142. The van der Waals surface area contributed by atoms with Crippen molar-refractivity contribution in [3.8, 4) is 0 Å². The van der Waals surface area contributed by atoms with Crippen molar-refractivity contribution in [3.63, 3.8) is 0 Å². The standard InChI is InChI=1S/C28H34N6O2S2/c1-18-25-22(37-27(31-25)29-16-21(35)19-7-3-2-4-8-19)15-23-26(18)32-28(38-23)30-17-24(36)34-13-11-33(12-14-34)20-9-5-6-10-20/h2-4,7-8,15,20-21,35H,5-6,9-14,16-17H2,1H3,(H,29,31)(H,30,32). The first-order chi connectivity index (χ1) is 18.5. The largest absolute Gasteiger partial charge is 0.387 e. The molecule has 10 heteroatoms. The average Bonchev–Trinajstić information content (AvgIpc) is 3.71. The maximum atomic E-state index is 12.9.